The summed E-state index contributed by atoms with van der Waals surface area (Å²) >= 11 is 1.62. The van der Waals surface area contributed by atoms with Gasteiger partial charge in [0.05, 0.1) is 18.7 Å². The number of aryl methyl sites for hydroxylation is 1. The van der Waals surface area contributed by atoms with Gasteiger partial charge in [0.15, 0.2) is 5.13 Å². The third kappa shape index (κ3) is 3.28. The molecule has 4 nitrogen and oxygen atoms in total. The van der Waals surface area contributed by atoms with Crippen molar-refractivity contribution in [2.75, 3.05) is 11.5 Å². The number of thiazole rings is 1. The molecule has 4 rings (SSSR count). The molecule has 1 N–H and O–H groups in total. The molecule has 1 saturated heterocycles. The Hall–Kier alpha value is -2.16. The third-order valence-corrected chi connectivity index (χ3v) is 6.95. The lowest BCUT2D eigenvalue weighted by Crippen LogP contribution is -2.63. The van der Waals surface area contributed by atoms with Crippen LogP contribution in [0.4, 0.5) is 5.13 Å². The number of nitrogens with zero attached hydrogens (tertiary/aromatic N) is 3. The highest BCUT2D eigenvalue weighted by Gasteiger charge is 2.50. The van der Waals surface area contributed by atoms with Gasteiger partial charge in [-0.25, -0.2) is 4.98 Å². The van der Waals surface area contributed by atoms with Gasteiger partial charge in [0.2, 0.25) is 0 Å². The van der Waals surface area contributed by atoms with Gasteiger partial charge in [-0.1, -0.05) is 37.3 Å². The molecule has 0 radical (unpaired) electrons. The zero-order valence-electron chi connectivity index (χ0n) is 15.6. The first-order valence-electron chi connectivity index (χ1n) is 9.79. The van der Waals surface area contributed by atoms with E-state index in [0.29, 0.717) is 0 Å². The molecule has 2 aromatic rings. The van der Waals surface area contributed by atoms with Gasteiger partial charge in [-0.05, 0) is 48.8 Å². The van der Waals surface area contributed by atoms with E-state index in [1.165, 1.54) is 35.3 Å². The summed E-state index contributed by atoms with van der Waals surface area (Å²) in [5.74, 6) is 0.0170. The van der Waals surface area contributed by atoms with Gasteiger partial charge in [0.1, 0.15) is 6.04 Å². The smallest absolute Gasteiger partial charge is 0.186 e. The highest BCUT2D eigenvalue weighted by molar-refractivity contribution is 7.15. The third-order valence-electron chi connectivity index (χ3n) is 5.80. The normalized spacial score (nSPS) is 24.9. The van der Waals surface area contributed by atoms with Crippen LogP contribution in [0.3, 0.4) is 0 Å². The maximum Gasteiger partial charge on any atom is 0.186 e. The van der Waals surface area contributed by atoms with E-state index in [4.69, 9.17) is 0 Å². The Morgan fingerprint density at radius 2 is 2.11 bits per heavy atom. The zero-order chi connectivity index (χ0) is 18.8. The summed E-state index contributed by atoms with van der Waals surface area (Å²) < 4.78 is 0. The molecule has 1 aliphatic carbocycles. The lowest BCUT2D eigenvalue weighted by Gasteiger charge is -2.51. The van der Waals surface area contributed by atoms with Gasteiger partial charge in [-0.15, -0.1) is 11.3 Å². The van der Waals surface area contributed by atoms with Crippen molar-refractivity contribution in [1.29, 1.82) is 5.26 Å². The van der Waals surface area contributed by atoms with Crippen molar-refractivity contribution in [1.82, 2.24) is 4.98 Å². The van der Waals surface area contributed by atoms with Crippen molar-refractivity contribution >= 4 is 22.0 Å². The fraction of sp³-hybridized carbons (Fsp3) is 0.455. The second-order valence-corrected chi connectivity index (χ2v) is 8.41. The number of anilines is 1. The zero-order valence-corrected chi connectivity index (χ0v) is 16.5. The number of benzene rings is 1. The Labute approximate surface area is 164 Å². The predicted molar refractivity (Wildman–Crippen MR) is 110 cm³/mol. The minimum atomic E-state index is -0.280. The van der Waals surface area contributed by atoms with Crippen LogP contribution in [0.5, 0.6) is 0 Å². The molecule has 0 saturated carbocycles. The number of aliphatic hydroxyl groups is 1. The minimum absolute atomic E-state index is 0.0170. The average molecular weight is 380 g/mol. The molecule has 3 atom stereocenters. The molecule has 2 aliphatic rings. The molecule has 27 heavy (non-hydrogen) atoms. The van der Waals surface area contributed by atoms with Gasteiger partial charge in [0.25, 0.3) is 0 Å². The van der Waals surface area contributed by atoms with Crippen molar-refractivity contribution in [2.45, 2.75) is 57.0 Å². The highest BCUT2D eigenvalue weighted by atomic mass is 32.1. The summed E-state index contributed by atoms with van der Waals surface area (Å²) in [6, 6.07) is 10.7. The molecule has 0 spiro atoms. The fourth-order valence-corrected chi connectivity index (χ4v) is 5.21. The number of allylic oxidation sites excluding steroid dienone is 2. The van der Waals surface area contributed by atoms with Gasteiger partial charge in [-0.3, -0.25) is 0 Å². The number of hydrogen-bond acceptors (Lipinski definition) is 5. The van der Waals surface area contributed by atoms with E-state index in [0.717, 1.165) is 23.5 Å². The quantitative estimate of drug-likeness (QED) is 0.830. The van der Waals surface area contributed by atoms with E-state index >= 15 is 0 Å². The molecule has 5 heteroatoms. The summed E-state index contributed by atoms with van der Waals surface area (Å²) in [7, 11) is 0. The van der Waals surface area contributed by atoms with E-state index in [1.807, 2.05) is 11.1 Å². The molecule has 140 valence electrons. The molecule has 0 bridgehead atoms. The predicted octanol–water partition coefficient (Wildman–Crippen LogP) is 4.52. The first-order valence-corrected chi connectivity index (χ1v) is 10.6. The second kappa shape index (κ2) is 7.84. The molecule has 0 amide bonds. The first-order chi connectivity index (χ1) is 13.3. The molecule has 1 aromatic carbocycles. The van der Waals surface area contributed by atoms with Crippen molar-refractivity contribution in [2.24, 2.45) is 0 Å². The van der Waals surface area contributed by atoms with Crippen LogP contribution in [0.2, 0.25) is 0 Å². The standard InChI is InChI=1S/C22H25N3OS/c1-2-18-13-24-22(27-18)25-19(12-23)21(20(25)14-26)17-10-8-16(9-11-17)15-6-4-3-5-7-15/h6,8-11,13,19-21,26H,2-5,7,14H2,1H3/t19-,20+,21+/m0/s1. The number of aliphatic hydroxyl groups excluding tert-OH is 1. The minimum Gasteiger partial charge on any atom is -0.394 e. The van der Waals surface area contributed by atoms with E-state index in [1.54, 1.807) is 11.3 Å². The van der Waals surface area contributed by atoms with E-state index in [-0.39, 0.29) is 24.6 Å². The summed E-state index contributed by atoms with van der Waals surface area (Å²) in [4.78, 5) is 7.68. The molecule has 0 unspecified atom stereocenters. The van der Waals surface area contributed by atoms with Gasteiger partial charge >= 0.3 is 0 Å². The van der Waals surface area contributed by atoms with Gasteiger partial charge < -0.3 is 10.0 Å². The van der Waals surface area contributed by atoms with Crippen LogP contribution in [-0.2, 0) is 6.42 Å². The Morgan fingerprint density at radius 3 is 2.70 bits per heavy atom. The second-order valence-electron chi connectivity index (χ2n) is 7.32. The summed E-state index contributed by atoms with van der Waals surface area (Å²) in [6.45, 7) is 2.13. The van der Waals surface area contributed by atoms with Crippen LogP contribution >= 0.6 is 11.3 Å². The van der Waals surface area contributed by atoms with Crippen LogP contribution in [0.25, 0.3) is 5.57 Å². The van der Waals surface area contributed by atoms with Crippen LogP contribution in [0.15, 0.2) is 36.5 Å². The Morgan fingerprint density at radius 1 is 1.30 bits per heavy atom. The lowest BCUT2D eigenvalue weighted by atomic mass is 9.76. The van der Waals surface area contributed by atoms with Crippen molar-refractivity contribution < 1.29 is 5.11 Å². The topological polar surface area (TPSA) is 60.1 Å². The molecule has 1 aromatic heterocycles. The van der Waals surface area contributed by atoms with Crippen molar-refractivity contribution in [3.05, 3.63) is 52.5 Å². The average Bonchev–Trinajstić information content (AvgIpc) is 3.17. The molecular weight excluding hydrogens is 354 g/mol. The monoisotopic (exact) mass is 379 g/mol. The summed E-state index contributed by atoms with van der Waals surface area (Å²) in [5.41, 5.74) is 3.86. The maximum atomic E-state index is 10.0. The Kier molecular flexibility index (Phi) is 5.29. The Balaban J connectivity index is 1.57. The van der Waals surface area contributed by atoms with E-state index in [9.17, 15) is 10.4 Å². The molecule has 1 aliphatic heterocycles. The largest absolute Gasteiger partial charge is 0.394 e. The van der Waals surface area contributed by atoms with Crippen molar-refractivity contribution in [3.8, 4) is 6.07 Å². The molecular formula is C22H25N3OS. The lowest BCUT2D eigenvalue weighted by molar-refractivity contribution is 0.187. The Bertz CT molecular complexity index is 864. The van der Waals surface area contributed by atoms with Crippen LogP contribution < -0.4 is 4.90 Å². The van der Waals surface area contributed by atoms with Crippen LogP contribution in [0, 0.1) is 11.3 Å². The SMILES string of the molecule is CCc1cnc(N2[C@H](CO)[C@H](c3ccc(C4=CCCCC4)cc3)[C@@H]2C#N)s1. The van der Waals surface area contributed by atoms with Crippen LogP contribution in [0.1, 0.15) is 54.5 Å². The summed E-state index contributed by atoms with van der Waals surface area (Å²) in [5, 5.41) is 20.6. The number of aromatic nitrogens is 1. The van der Waals surface area contributed by atoms with Gasteiger partial charge in [-0.2, -0.15) is 5.26 Å². The van der Waals surface area contributed by atoms with Gasteiger partial charge in [0, 0.05) is 17.0 Å². The summed E-state index contributed by atoms with van der Waals surface area (Å²) in [6.07, 6.45) is 10.0. The van der Waals surface area contributed by atoms with E-state index < -0.39 is 0 Å². The number of nitriles is 1. The number of rotatable bonds is 5. The fourth-order valence-electron chi connectivity index (χ4n) is 4.27. The van der Waals surface area contributed by atoms with E-state index in [2.05, 4.69) is 48.3 Å². The maximum absolute atomic E-state index is 10.0. The molecule has 1 fully saturated rings. The highest BCUT2D eigenvalue weighted by Crippen LogP contribution is 2.45. The van der Waals surface area contributed by atoms with Crippen LogP contribution in [-0.4, -0.2) is 28.8 Å². The van der Waals surface area contributed by atoms with Crippen molar-refractivity contribution in [3.63, 3.8) is 0 Å². The number of hydrogen-bond donors (Lipinski definition) is 1. The first kappa shape index (κ1) is 18.2. The molecule has 2 heterocycles.